The second-order valence-corrected chi connectivity index (χ2v) is 2.98. The maximum absolute atomic E-state index is 10.6. The van der Waals surface area contributed by atoms with Gasteiger partial charge in [0.1, 0.15) is 7.85 Å². The van der Waals surface area contributed by atoms with Crippen LogP contribution in [0.15, 0.2) is 36.4 Å². The third-order valence-electron chi connectivity index (χ3n) is 2.14. The lowest BCUT2D eigenvalue weighted by molar-refractivity contribution is -0.383. The molecule has 3 nitrogen and oxygen atoms in total. The Morgan fingerprint density at radius 1 is 1.14 bits per heavy atom. The predicted molar refractivity (Wildman–Crippen MR) is 56.0 cm³/mol. The highest BCUT2D eigenvalue weighted by Gasteiger charge is 2.11. The van der Waals surface area contributed by atoms with Gasteiger partial charge in [-0.05, 0) is 22.3 Å². The van der Waals surface area contributed by atoms with Crippen LogP contribution in [0.4, 0.5) is 5.69 Å². The molecule has 0 heterocycles. The van der Waals surface area contributed by atoms with E-state index in [0.717, 1.165) is 10.8 Å². The Kier molecular flexibility index (Phi) is 1.96. The summed E-state index contributed by atoms with van der Waals surface area (Å²) in [5.74, 6) is 0. The topological polar surface area (TPSA) is 43.1 Å². The summed E-state index contributed by atoms with van der Waals surface area (Å²) in [4.78, 5) is 10.1. The molecule has 0 fully saturated rings. The minimum Gasteiger partial charge on any atom is -0.258 e. The Hall–Kier alpha value is -1.84. The van der Waals surface area contributed by atoms with E-state index in [1.165, 1.54) is 6.07 Å². The number of nitro benzene ring substituents is 1. The summed E-state index contributed by atoms with van der Waals surface area (Å²) in [6.45, 7) is 0. The van der Waals surface area contributed by atoms with Crippen LogP contribution in [0.25, 0.3) is 10.8 Å². The SMILES string of the molecule is [B]c1c([N+](=O)[O-])ccc2ccccc12. The minimum atomic E-state index is -0.470. The number of nitrogens with zero attached hydrogens (tertiary/aromatic N) is 1. The molecule has 0 unspecified atom stereocenters. The maximum atomic E-state index is 10.6. The molecule has 0 aromatic heterocycles. The second-order valence-electron chi connectivity index (χ2n) is 2.98. The van der Waals surface area contributed by atoms with Crippen molar-refractivity contribution >= 4 is 29.8 Å². The fraction of sp³-hybridized carbons (Fsp3) is 0. The fourth-order valence-corrected chi connectivity index (χ4v) is 1.44. The molecule has 4 heteroatoms. The van der Waals surface area contributed by atoms with Gasteiger partial charge in [0.2, 0.25) is 0 Å². The molecule has 0 spiro atoms. The average molecular weight is 183 g/mol. The number of hydrogen-bond acceptors (Lipinski definition) is 2. The van der Waals surface area contributed by atoms with Gasteiger partial charge >= 0.3 is 0 Å². The first-order valence-electron chi connectivity index (χ1n) is 4.12. The smallest absolute Gasteiger partial charge is 0.258 e. The lowest BCUT2D eigenvalue weighted by atomic mass is 9.88. The van der Waals surface area contributed by atoms with E-state index < -0.39 is 4.92 Å². The van der Waals surface area contributed by atoms with Gasteiger partial charge in [-0.15, -0.1) is 0 Å². The van der Waals surface area contributed by atoms with Crippen LogP contribution in [0.2, 0.25) is 0 Å². The monoisotopic (exact) mass is 183 g/mol. The molecule has 2 aromatic rings. The van der Waals surface area contributed by atoms with Gasteiger partial charge in [-0.2, -0.15) is 0 Å². The highest BCUT2D eigenvalue weighted by Crippen LogP contribution is 2.16. The van der Waals surface area contributed by atoms with Crippen molar-refractivity contribution in [1.82, 2.24) is 0 Å². The third kappa shape index (κ3) is 1.25. The van der Waals surface area contributed by atoms with E-state index in [2.05, 4.69) is 0 Å². The van der Waals surface area contributed by atoms with Crippen LogP contribution in [0.1, 0.15) is 0 Å². The first kappa shape index (κ1) is 8.75. The van der Waals surface area contributed by atoms with E-state index in [-0.39, 0.29) is 11.2 Å². The predicted octanol–water partition coefficient (Wildman–Crippen LogP) is 1.54. The molecule has 0 saturated carbocycles. The molecule has 0 aliphatic heterocycles. The van der Waals surface area contributed by atoms with Crippen molar-refractivity contribution in [3.05, 3.63) is 46.5 Å². The molecule has 0 aliphatic carbocycles. The van der Waals surface area contributed by atoms with Crippen molar-refractivity contribution in [2.45, 2.75) is 0 Å². The van der Waals surface area contributed by atoms with E-state index >= 15 is 0 Å². The quantitative estimate of drug-likeness (QED) is 0.382. The van der Waals surface area contributed by atoms with Gasteiger partial charge in [-0.1, -0.05) is 24.3 Å². The molecule has 0 bridgehead atoms. The van der Waals surface area contributed by atoms with Gasteiger partial charge in [0.25, 0.3) is 5.69 Å². The van der Waals surface area contributed by atoms with E-state index in [1.807, 2.05) is 18.2 Å². The van der Waals surface area contributed by atoms with Crippen LogP contribution in [0, 0.1) is 10.1 Å². The maximum Gasteiger partial charge on any atom is 0.263 e. The Labute approximate surface area is 81.9 Å². The van der Waals surface area contributed by atoms with Gasteiger partial charge in [0.05, 0.1) is 4.92 Å². The standard InChI is InChI=1S/C10H6BNO2/c11-10-8-4-2-1-3-7(8)5-6-9(10)12(13)14/h1-6H. The summed E-state index contributed by atoms with van der Waals surface area (Å²) < 4.78 is 0. The zero-order chi connectivity index (χ0) is 10.1. The average Bonchev–Trinajstić information content (AvgIpc) is 2.18. The summed E-state index contributed by atoms with van der Waals surface area (Å²) in [6, 6.07) is 10.4. The Morgan fingerprint density at radius 2 is 1.86 bits per heavy atom. The van der Waals surface area contributed by atoms with Gasteiger partial charge in [0.15, 0.2) is 0 Å². The highest BCUT2D eigenvalue weighted by molar-refractivity contribution is 6.41. The molecule has 2 rings (SSSR count). The van der Waals surface area contributed by atoms with E-state index in [0.29, 0.717) is 0 Å². The normalized spacial score (nSPS) is 10.3. The number of benzene rings is 2. The summed E-state index contributed by atoms with van der Waals surface area (Å²) in [5, 5.41) is 12.2. The minimum absolute atomic E-state index is 0.0382. The fourth-order valence-electron chi connectivity index (χ4n) is 1.44. The van der Waals surface area contributed by atoms with Crippen molar-refractivity contribution in [2.24, 2.45) is 0 Å². The number of hydrogen-bond donors (Lipinski definition) is 0. The van der Waals surface area contributed by atoms with Crippen LogP contribution in [0.3, 0.4) is 0 Å². The molecule has 66 valence electrons. The Bertz CT molecular complexity index is 510. The molecule has 0 atom stereocenters. The van der Waals surface area contributed by atoms with Gasteiger partial charge in [-0.25, -0.2) is 0 Å². The first-order valence-corrected chi connectivity index (χ1v) is 4.12. The molecule has 0 amide bonds. The number of rotatable bonds is 1. The largest absolute Gasteiger partial charge is 0.263 e. The van der Waals surface area contributed by atoms with Crippen LogP contribution in [0.5, 0.6) is 0 Å². The van der Waals surface area contributed by atoms with Gasteiger partial charge < -0.3 is 0 Å². The van der Waals surface area contributed by atoms with Crippen molar-refractivity contribution < 1.29 is 4.92 Å². The van der Waals surface area contributed by atoms with Crippen LogP contribution >= 0.6 is 0 Å². The van der Waals surface area contributed by atoms with Crippen molar-refractivity contribution in [3.8, 4) is 0 Å². The van der Waals surface area contributed by atoms with E-state index in [1.54, 1.807) is 12.1 Å². The van der Waals surface area contributed by atoms with Gasteiger partial charge in [-0.3, -0.25) is 10.1 Å². The summed E-state index contributed by atoms with van der Waals surface area (Å²) in [5.41, 5.74) is 0.191. The van der Waals surface area contributed by atoms with Crippen molar-refractivity contribution in [3.63, 3.8) is 0 Å². The Balaban J connectivity index is 2.81. The van der Waals surface area contributed by atoms with Crippen molar-refractivity contribution in [1.29, 1.82) is 0 Å². The highest BCUT2D eigenvalue weighted by atomic mass is 16.6. The third-order valence-corrected chi connectivity index (χ3v) is 2.14. The van der Waals surface area contributed by atoms with E-state index in [9.17, 15) is 10.1 Å². The lowest BCUT2D eigenvalue weighted by Gasteiger charge is -2.02. The molecular weight excluding hydrogens is 177 g/mol. The van der Waals surface area contributed by atoms with Crippen molar-refractivity contribution in [2.75, 3.05) is 0 Å². The molecular formula is C10H6BNO2. The lowest BCUT2D eigenvalue weighted by Crippen LogP contribution is -2.10. The first-order chi connectivity index (χ1) is 6.70. The number of nitro groups is 1. The molecule has 2 aromatic carbocycles. The second kappa shape index (κ2) is 3.14. The molecule has 0 N–H and O–H groups in total. The zero-order valence-corrected chi connectivity index (χ0v) is 7.31. The molecule has 0 aliphatic rings. The molecule has 2 radical (unpaired) electrons. The zero-order valence-electron chi connectivity index (χ0n) is 7.31. The summed E-state index contributed by atoms with van der Waals surface area (Å²) >= 11 is 0. The van der Waals surface area contributed by atoms with E-state index in [4.69, 9.17) is 7.85 Å². The van der Waals surface area contributed by atoms with Crippen LogP contribution in [-0.2, 0) is 0 Å². The summed E-state index contributed by atoms with van der Waals surface area (Å²) in [7, 11) is 5.68. The molecule has 0 saturated heterocycles. The van der Waals surface area contributed by atoms with Crippen LogP contribution < -0.4 is 5.46 Å². The number of fused-ring (bicyclic) bond motifs is 1. The van der Waals surface area contributed by atoms with Crippen LogP contribution in [-0.4, -0.2) is 12.8 Å². The Morgan fingerprint density at radius 3 is 2.57 bits per heavy atom. The molecule has 14 heavy (non-hydrogen) atoms. The van der Waals surface area contributed by atoms with Gasteiger partial charge in [0, 0.05) is 6.07 Å². The summed E-state index contributed by atoms with van der Waals surface area (Å²) in [6.07, 6.45) is 0.